The highest BCUT2D eigenvalue weighted by Gasteiger charge is 2.19. The number of aromatic amines is 1. The summed E-state index contributed by atoms with van der Waals surface area (Å²) < 4.78 is 4.61. The number of rotatable bonds is 6. The number of hydrogen-bond donors (Lipinski definition) is 2. The van der Waals surface area contributed by atoms with Crippen LogP contribution in [0, 0.1) is 0 Å². The molecule has 0 aliphatic carbocycles. The van der Waals surface area contributed by atoms with Crippen LogP contribution in [-0.4, -0.2) is 42.7 Å². The predicted octanol–water partition coefficient (Wildman–Crippen LogP) is -1.37. The summed E-state index contributed by atoms with van der Waals surface area (Å²) in [5.74, 6) is -0.397. The van der Waals surface area contributed by atoms with Crippen LogP contribution in [0.2, 0.25) is 0 Å². The van der Waals surface area contributed by atoms with E-state index < -0.39 is 12.0 Å². The van der Waals surface area contributed by atoms with E-state index in [1.165, 1.54) is 13.4 Å². The molecule has 0 bridgehead atoms. The van der Waals surface area contributed by atoms with Crippen molar-refractivity contribution in [3.63, 3.8) is 0 Å². The first-order valence-corrected chi connectivity index (χ1v) is 4.50. The van der Waals surface area contributed by atoms with Gasteiger partial charge in [0.1, 0.15) is 6.04 Å². The van der Waals surface area contributed by atoms with Gasteiger partial charge in [0.25, 0.3) is 7.41 Å². The molecule has 1 atom stereocenters. The fraction of sp³-hybridized carbons (Fsp3) is 0.375. The SMILES string of the molecule is COC(=O)C(Cc1cnc[nH]1)NBC=O. The Hall–Kier alpha value is -1.63. The monoisotopic (exact) mass is 209 g/mol. The van der Waals surface area contributed by atoms with E-state index in [9.17, 15) is 9.59 Å². The summed E-state index contributed by atoms with van der Waals surface area (Å²) in [6, 6.07) is -0.527. The molecular weight excluding hydrogens is 197 g/mol. The minimum absolute atomic E-state index is 0.119. The Balaban J connectivity index is 2.55. The molecule has 1 heterocycles. The third kappa shape index (κ3) is 3.55. The molecule has 0 amide bonds. The summed E-state index contributed by atoms with van der Waals surface area (Å²) in [4.78, 5) is 28.2. The molecular formula is C8H12BN3O3. The molecule has 1 aromatic rings. The molecule has 2 N–H and O–H groups in total. The number of H-pyrrole nitrogens is 1. The van der Waals surface area contributed by atoms with E-state index in [2.05, 4.69) is 19.9 Å². The third-order valence-electron chi connectivity index (χ3n) is 1.91. The van der Waals surface area contributed by atoms with Crippen LogP contribution in [0.5, 0.6) is 0 Å². The summed E-state index contributed by atoms with van der Waals surface area (Å²) >= 11 is 0. The number of imidazole rings is 1. The maximum atomic E-state index is 11.3. The maximum absolute atomic E-state index is 11.3. The second-order valence-electron chi connectivity index (χ2n) is 2.93. The molecule has 0 aromatic carbocycles. The summed E-state index contributed by atoms with van der Waals surface area (Å²) in [6.07, 6.45) is 4.27. The number of carbonyl (C=O) groups is 2. The van der Waals surface area contributed by atoms with Crippen LogP contribution >= 0.6 is 0 Å². The van der Waals surface area contributed by atoms with Gasteiger partial charge in [0.05, 0.1) is 19.6 Å². The molecule has 15 heavy (non-hydrogen) atoms. The van der Waals surface area contributed by atoms with E-state index in [1.807, 2.05) is 0 Å². The lowest BCUT2D eigenvalue weighted by Gasteiger charge is -2.13. The van der Waals surface area contributed by atoms with Gasteiger partial charge in [0, 0.05) is 18.3 Å². The number of carbonyl (C=O) groups excluding carboxylic acids is 2. The highest BCUT2D eigenvalue weighted by atomic mass is 16.5. The largest absolute Gasteiger partial charge is 0.468 e. The van der Waals surface area contributed by atoms with Crippen LogP contribution in [0.15, 0.2) is 12.5 Å². The van der Waals surface area contributed by atoms with Gasteiger partial charge in [-0.25, -0.2) is 4.98 Å². The molecule has 1 unspecified atom stereocenters. The van der Waals surface area contributed by atoms with E-state index in [-0.39, 0.29) is 7.41 Å². The van der Waals surface area contributed by atoms with E-state index in [4.69, 9.17) is 0 Å². The van der Waals surface area contributed by atoms with Crippen molar-refractivity contribution in [2.45, 2.75) is 12.5 Å². The summed E-state index contributed by atoms with van der Waals surface area (Å²) in [5.41, 5.74) is 0.809. The van der Waals surface area contributed by atoms with Crippen LogP contribution in [0.3, 0.4) is 0 Å². The first-order chi connectivity index (χ1) is 7.27. The van der Waals surface area contributed by atoms with Crippen LogP contribution in [0.4, 0.5) is 0 Å². The van der Waals surface area contributed by atoms with Crippen molar-refractivity contribution in [3.8, 4) is 0 Å². The molecule has 0 spiro atoms. The summed E-state index contributed by atoms with van der Waals surface area (Å²) in [7, 11) is 1.43. The number of nitrogens with zero attached hydrogens (tertiary/aromatic N) is 1. The average molecular weight is 209 g/mol. The van der Waals surface area contributed by atoms with Crippen LogP contribution < -0.4 is 5.23 Å². The van der Waals surface area contributed by atoms with Gasteiger partial charge in [-0.05, 0) is 0 Å². The quantitative estimate of drug-likeness (QED) is 0.343. The zero-order chi connectivity index (χ0) is 11.1. The third-order valence-corrected chi connectivity index (χ3v) is 1.91. The number of esters is 1. The Morgan fingerprint density at radius 2 is 2.67 bits per heavy atom. The van der Waals surface area contributed by atoms with Gasteiger partial charge in [0.2, 0.25) is 0 Å². The van der Waals surface area contributed by atoms with E-state index in [0.717, 1.165) is 5.69 Å². The van der Waals surface area contributed by atoms with Gasteiger partial charge in [0.15, 0.2) is 0 Å². The van der Waals surface area contributed by atoms with E-state index >= 15 is 0 Å². The van der Waals surface area contributed by atoms with Gasteiger partial charge in [-0.1, -0.05) is 0 Å². The first-order valence-electron chi connectivity index (χ1n) is 4.50. The molecule has 1 aromatic heterocycles. The normalized spacial score (nSPS) is 11.8. The molecule has 0 aliphatic heterocycles. The summed E-state index contributed by atoms with van der Waals surface area (Å²) in [5, 5.41) is 2.77. The zero-order valence-corrected chi connectivity index (χ0v) is 8.40. The van der Waals surface area contributed by atoms with E-state index in [0.29, 0.717) is 12.6 Å². The molecule has 1 rings (SSSR count). The van der Waals surface area contributed by atoms with Crippen molar-refractivity contribution < 1.29 is 14.3 Å². The number of ether oxygens (including phenoxy) is 1. The molecule has 0 radical (unpaired) electrons. The van der Waals surface area contributed by atoms with Gasteiger partial charge in [-0.15, -0.1) is 0 Å². The van der Waals surface area contributed by atoms with Crippen LogP contribution in [-0.2, 0) is 20.7 Å². The minimum atomic E-state index is -0.527. The Kier molecular flexibility index (Phi) is 4.56. The lowest BCUT2D eigenvalue weighted by atomic mass is 9.95. The highest BCUT2D eigenvalue weighted by molar-refractivity contribution is 6.64. The number of aromatic nitrogens is 2. The first kappa shape index (κ1) is 11.4. The molecule has 0 aliphatic rings. The predicted molar refractivity (Wildman–Crippen MR) is 55.1 cm³/mol. The molecule has 0 fully saturated rings. The maximum Gasteiger partial charge on any atom is 0.322 e. The standard InChI is InChI=1S/C8H12BN3O3/c1-15-8(14)7(12-9-4-13)2-6-3-10-5-11-6/h3-5,7,9,12H,2H2,1H3,(H,10,11). The Labute approximate surface area is 87.7 Å². The Bertz CT molecular complexity index is 315. The van der Waals surface area contributed by atoms with Crippen molar-refractivity contribution in [2.75, 3.05) is 7.11 Å². The number of hydrogen-bond acceptors (Lipinski definition) is 5. The second-order valence-corrected chi connectivity index (χ2v) is 2.93. The second kappa shape index (κ2) is 5.97. The van der Waals surface area contributed by atoms with Crippen molar-refractivity contribution in [1.29, 1.82) is 0 Å². The lowest BCUT2D eigenvalue weighted by Crippen LogP contribution is -2.42. The molecule has 6 nitrogen and oxygen atoms in total. The number of methoxy groups -OCH3 is 1. The van der Waals surface area contributed by atoms with Crippen molar-refractivity contribution in [2.24, 2.45) is 0 Å². The average Bonchev–Trinajstić information content (AvgIpc) is 2.75. The molecule has 7 heteroatoms. The van der Waals surface area contributed by atoms with Crippen molar-refractivity contribution in [1.82, 2.24) is 15.2 Å². The topological polar surface area (TPSA) is 84.1 Å². The van der Waals surface area contributed by atoms with Crippen molar-refractivity contribution >= 4 is 19.6 Å². The van der Waals surface area contributed by atoms with Gasteiger partial charge >= 0.3 is 5.97 Å². The highest BCUT2D eigenvalue weighted by Crippen LogP contribution is 1.99. The number of nitrogens with one attached hydrogen (secondary N) is 2. The fourth-order valence-electron chi connectivity index (χ4n) is 1.19. The minimum Gasteiger partial charge on any atom is -0.468 e. The van der Waals surface area contributed by atoms with Gasteiger partial charge < -0.3 is 19.7 Å². The van der Waals surface area contributed by atoms with Gasteiger partial charge in [-0.3, -0.25) is 4.79 Å². The zero-order valence-electron chi connectivity index (χ0n) is 8.40. The molecule has 0 saturated heterocycles. The smallest absolute Gasteiger partial charge is 0.322 e. The lowest BCUT2D eigenvalue weighted by molar-refractivity contribution is -0.142. The Morgan fingerprint density at radius 1 is 1.87 bits per heavy atom. The Morgan fingerprint density at radius 3 is 3.20 bits per heavy atom. The summed E-state index contributed by atoms with van der Waals surface area (Å²) in [6.45, 7) is 0. The van der Waals surface area contributed by atoms with Crippen molar-refractivity contribution in [3.05, 3.63) is 18.2 Å². The fourth-order valence-corrected chi connectivity index (χ4v) is 1.19. The van der Waals surface area contributed by atoms with E-state index in [1.54, 1.807) is 6.20 Å². The van der Waals surface area contributed by atoms with Crippen LogP contribution in [0.1, 0.15) is 5.69 Å². The van der Waals surface area contributed by atoms with Gasteiger partial charge in [-0.2, -0.15) is 0 Å². The van der Waals surface area contributed by atoms with Crippen LogP contribution in [0.25, 0.3) is 0 Å². The molecule has 80 valence electrons. The molecule has 0 saturated carbocycles.